The first-order valence-corrected chi connectivity index (χ1v) is 19.7. The van der Waals surface area contributed by atoms with Crippen LogP contribution in [0.15, 0.2) is 91.8 Å². The number of unbranched alkanes of at least 4 members (excludes halogenated alkanes) is 2. The van der Waals surface area contributed by atoms with E-state index >= 15 is 0 Å². The second-order valence-corrected chi connectivity index (χ2v) is 14.6. The smallest absolute Gasteiger partial charge is 0.261 e. The van der Waals surface area contributed by atoms with Crippen LogP contribution in [0.2, 0.25) is 0 Å². The summed E-state index contributed by atoms with van der Waals surface area (Å²) >= 11 is 0. The molecule has 0 unspecified atom stereocenters. The van der Waals surface area contributed by atoms with Crippen molar-refractivity contribution in [2.24, 2.45) is 0 Å². The highest BCUT2D eigenvalue weighted by Crippen LogP contribution is 2.36. The number of benzene rings is 4. The van der Waals surface area contributed by atoms with Crippen molar-refractivity contribution in [3.8, 4) is 0 Å². The maximum Gasteiger partial charge on any atom is 0.261 e. The van der Waals surface area contributed by atoms with Gasteiger partial charge in [-0.3, -0.25) is 29.0 Å². The van der Waals surface area contributed by atoms with Crippen molar-refractivity contribution in [3.63, 3.8) is 0 Å². The summed E-state index contributed by atoms with van der Waals surface area (Å²) in [5.41, 5.74) is 4.20. The summed E-state index contributed by atoms with van der Waals surface area (Å²) in [6.07, 6.45) is 14.9. The molecule has 4 heterocycles. The second-order valence-electron chi connectivity index (χ2n) is 14.6. The van der Waals surface area contributed by atoms with Gasteiger partial charge in [0, 0.05) is 101 Å². The van der Waals surface area contributed by atoms with Crippen LogP contribution in [0.4, 0.5) is 11.4 Å². The Kier molecular flexibility index (Phi) is 10.4. The molecule has 12 nitrogen and oxygen atoms in total. The van der Waals surface area contributed by atoms with Gasteiger partial charge in [0.15, 0.2) is 0 Å². The summed E-state index contributed by atoms with van der Waals surface area (Å²) in [5.74, 6) is 0.121. The third-order valence-corrected chi connectivity index (χ3v) is 11.1. The van der Waals surface area contributed by atoms with E-state index in [0.29, 0.717) is 41.8 Å². The zero-order valence-corrected chi connectivity index (χ0v) is 32.0. The Labute approximate surface area is 325 Å². The minimum atomic E-state index is -0.231. The summed E-state index contributed by atoms with van der Waals surface area (Å²) < 4.78 is 6.51. The summed E-state index contributed by atoms with van der Waals surface area (Å²) in [6.45, 7) is 8.61. The lowest BCUT2D eigenvalue weighted by Gasteiger charge is -2.27. The molecule has 2 aliphatic rings. The fourth-order valence-corrected chi connectivity index (χ4v) is 8.18. The van der Waals surface area contributed by atoms with Gasteiger partial charge in [-0.25, -0.2) is 18.7 Å². The van der Waals surface area contributed by atoms with E-state index in [4.69, 9.17) is 0 Å². The van der Waals surface area contributed by atoms with Crippen LogP contribution >= 0.6 is 0 Å². The highest BCUT2D eigenvalue weighted by molar-refractivity contribution is 6.27. The molecule has 2 aromatic heterocycles. The Morgan fingerprint density at radius 3 is 1.84 bits per heavy atom. The van der Waals surface area contributed by atoms with Crippen molar-refractivity contribution in [1.29, 1.82) is 0 Å². The number of carbonyl (C=O) groups excluding carboxylic acids is 4. The summed E-state index contributed by atoms with van der Waals surface area (Å²) in [6, 6.07) is 19.0. The van der Waals surface area contributed by atoms with Crippen LogP contribution in [0.5, 0.6) is 0 Å². The van der Waals surface area contributed by atoms with Crippen LogP contribution in [0.25, 0.3) is 21.5 Å². The number of H-pyrrole nitrogens is 1. The Balaban J connectivity index is 0.785. The van der Waals surface area contributed by atoms with Gasteiger partial charge in [-0.05, 0) is 62.6 Å². The highest BCUT2D eigenvalue weighted by Gasteiger charge is 2.34. The molecule has 0 atom stereocenters. The van der Waals surface area contributed by atoms with Crippen molar-refractivity contribution in [2.75, 3.05) is 36.8 Å². The van der Waals surface area contributed by atoms with Crippen LogP contribution in [0.1, 0.15) is 86.3 Å². The zero-order chi connectivity index (χ0) is 38.8. The van der Waals surface area contributed by atoms with Gasteiger partial charge in [0.25, 0.3) is 29.5 Å². The Morgan fingerprint density at radius 2 is 1.23 bits per heavy atom. The first-order chi connectivity index (χ1) is 27.3. The number of imide groups is 2. The quantitative estimate of drug-likeness (QED) is 0.0588. The highest BCUT2D eigenvalue weighted by atomic mass is 16.2. The predicted molar refractivity (Wildman–Crippen MR) is 215 cm³/mol. The van der Waals surface area contributed by atoms with Crippen LogP contribution in [-0.2, 0) is 19.6 Å². The third kappa shape index (κ3) is 6.91. The standard InChI is InChI=1S/C44H46N8O4/c1-3-51-41(53)33-13-7-11-31-37(17-15-35(39(31)33)42(51)54)46-19-5-4-6-22-48-27-28-49(29-48)23-9-20-47-38-18-16-36-40-32(38)12-8-14-34(40)43(55)52(44(36)56)25-10-24-50-26-21-45-30(50)2/h7-8,11-18,21,26-29H,3-6,9-10,19-20,22-25H2,1-2H3,(H-,46,47,53,54,55,56)/p+2. The fraction of sp³-hybridized carbons (Fsp3) is 0.318. The van der Waals surface area contributed by atoms with Gasteiger partial charge in [0.05, 0.1) is 19.6 Å². The Morgan fingerprint density at radius 1 is 0.625 bits per heavy atom. The molecule has 0 bridgehead atoms. The van der Waals surface area contributed by atoms with Gasteiger partial charge >= 0.3 is 0 Å². The summed E-state index contributed by atoms with van der Waals surface area (Å²) in [4.78, 5) is 58.7. The maximum atomic E-state index is 13.5. The molecule has 2 aliphatic heterocycles. The van der Waals surface area contributed by atoms with E-state index in [9.17, 15) is 19.2 Å². The van der Waals surface area contributed by atoms with E-state index in [1.54, 1.807) is 0 Å². The average molecular weight is 753 g/mol. The molecule has 0 aliphatic carbocycles. The molecule has 8 rings (SSSR count). The lowest BCUT2D eigenvalue weighted by Crippen LogP contribution is -2.43. The molecule has 0 fully saturated rings. The molecule has 0 saturated heterocycles. The maximum absolute atomic E-state index is 13.5. The number of nitrogens with zero attached hydrogens (tertiary/aromatic N) is 5. The second kappa shape index (κ2) is 15.8. The molecule has 0 spiro atoms. The monoisotopic (exact) mass is 752 g/mol. The van der Waals surface area contributed by atoms with E-state index in [-0.39, 0.29) is 23.6 Å². The van der Waals surface area contributed by atoms with Crippen LogP contribution in [0.3, 0.4) is 0 Å². The largest absolute Gasteiger partial charge is 0.385 e. The molecular weight excluding hydrogens is 705 g/mol. The number of aryl methyl sites for hydroxylation is 4. The fourth-order valence-electron chi connectivity index (χ4n) is 8.18. The number of aromatic nitrogens is 4. The molecular formula is C44H48N8O4+2. The lowest BCUT2D eigenvalue weighted by molar-refractivity contribution is -0.701. The number of nitrogens with one attached hydrogen (secondary N) is 3. The van der Waals surface area contributed by atoms with Gasteiger partial charge < -0.3 is 10.6 Å². The third-order valence-electron chi connectivity index (χ3n) is 11.1. The number of hydrogen-bond donors (Lipinski definition) is 3. The lowest BCUT2D eigenvalue weighted by atomic mass is 9.93. The van der Waals surface area contributed by atoms with Gasteiger partial charge in [-0.2, -0.15) is 0 Å². The van der Waals surface area contributed by atoms with Crippen molar-refractivity contribution in [2.45, 2.75) is 65.6 Å². The minimum absolute atomic E-state index is 0.226. The van der Waals surface area contributed by atoms with Crippen molar-refractivity contribution >= 4 is 56.5 Å². The summed E-state index contributed by atoms with van der Waals surface area (Å²) in [7, 11) is 0. The van der Waals surface area contributed by atoms with Crippen molar-refractivity contribution in [1.82, 2.24) is 19.4 Å². The van der Waals surface area contributed by atoms with Gasteiger partial charge in [-0.1, -0.05) is 24.3 Å². The van der Waals surface area contributed by atoms with E-state index in [0.717, 1.165) is 97.2 Å². The number of rotatable bonds is 17. The number of aromatic amines is 1. The summed E-state index contributed by atoms with van der Waals surface area (Å²) in [5, 5.41) is 10.4. The van der Waals surface area contributed by atoms with Gasteiger partial charge in [-0.15, -0.1) is 0 Å². The predicted octanol–water partition coefficient (Wildman–Crippen LogP) is 6.09. The van der Waals surface area contributed by atoms with Crippen LogP contribution < -0.4 is 19.8 Å². The minimum Gasteiger partial charge on any atom is -0.385 e. The van der Waals surface area contributed by atoms with E-state index in [1.807, 2.05) is 86.9 Å². The molecule has 4 aromatic carbocycles. The molecule has 56 heavy (non-hydrogen) atoms. The van der Waals surface area contributed by atoms with E-state index in [1.165, 1.54) is 9.80 Å². The Hall–Kier alpha value is -6.30. The van der Waals surface area contributed by atoms with Crippen LogP contribution in [0, 0.1) is 6.92 Å². The first-order valence-electron chi connectivity index (χ1n) is 19.7. The molecule has 0 saturated carbocycles. The average Bonchev–Trinajstić information content (AvgIpc) is 3.85. The number of amides is 4. The Bertz CT molecular complexity index is 2440. The molecule has 3 N–H and O–H groups in total. The van der Waals surface area contributed by atoms with Crippen molar-refractivity contribution in [3.05, 3.63) is 120 Å². The topological polar surface area (TPSA) is 127 Å². The van der Waals surface area contributed by atoms with Gasteiger partial charge in [0.2, 0.25) is 6.33 Å². The van der Waals surface area contributed by atoms with Crippen molar-refractivity contribution < 1.29 is 28.3 Å². The molecule has 12 heteroatoms. The SMILES string of the molecule is CCN1C(=O)c2cccc3c(NCCCCCn4cc[n+](CCCNc5ccc6c7c(cccc57)C(=O)N(CCC[n+]5cc[nH]c5C)C6=O)c4)ccc(c23)C1=O. The van der Waals surface area contributed by atoms with Gasteiger partial charge in [0.1, 0.15) is 24.8 Å². The normalized spacial score (nSPS) is 13.8. The van der Waals surface area contributed by atoms with E-state index < -0.39 is 0 Å². The molecule has 4 amide bonds. The number of imidazole rings is 2. The zero-order valence-electron chi connectivity index (χ0n) is 32.0. The molecule has 0 radical (unpaired) electrons. The molecule has 286 valence electrons. The first kappa shape index (κ1) is 36.7. The number of anilines is 2. The number of carbonyl (C=O) groups is 4. The molecule has 6 aromatic rings. The van der Waals surface area contributed by atoms with E-state index in [2.05, 4.69) is 48.0 Å². The number of hydrogen-bond acceptors (Lipinski definition) is 6. The van der Waals surface area contributed by atoms with Crippen LogP contribution in [-0.4, -0.2) is 69.2 Å².